The molecule has 3 rings (SSSR count). The van der Waals surface area contributed by atoms with Gasteiger partial charge in [0.25, 0.3) is 0 Å². The van der Waals surface area contributed by atoms with Gasteiger partial charge in [-0.1, -0.05) is 12.1 Å². The van der Waals surface area contributed by atoms with Crippen molar-refractivity contribution in [2.75, 3.05) is 0 Å². The van der Waals surface area contributed by atoms with Crippen molar-refractivity contribution in [3.63, 3.8) is 0 Å². The number of aryl methyl sites for hydroxylation is 1. The molecule has 2 N–H and O–H groups in total. The zero-order chi connectivity index (χ0) is 8.84. The third-order valence-corrected chi connectivity index (χ3v) is 2.75. The average Bonchev–Trinajstić information content (AvgIpc) is 2.62. The third-order valence-electron chi connectivity index (χ3n) is 2.75. The molecule has 0 bridgehead atoms. The molecule has 0 atom stereocenters. The summed E-state index contributed by atoms with van der Waals surface area (Å²) >= 11 is 0. The maximum atomic E-state index is 3.45. The number of H-pyrrole nitrogens is 1. The zero-order valence-corrected chi connectivity index (χ0v) is 7.65. The topological polar surface area (TPSA) is 27.8 Å². The quantitative estimate of drug-likeness (QED) is 0.625. The Labute approximate surface area is 77.0 Å². The van der Waals surface area contributed by atoms with Gasteiger partial charge in [-0.2, -0.15) is 0 Å². The van der Waals surface area contributed by atoms with Crippen LogP contribution in [0.5, 0.6) is 0 Å². The number of benzene rings is 1. The molecule has 2 heterocycles. The van der Waals surface area contributed by atoms with Crippen molar-refractivity contribution in [3.8, 4) is 0 Å². The Balaban J connectivity index is 2.38. The highest BCUT2D eigenvalue weighted by molar-refractivity contribution is 5.85. The molecule has 0 aliphatic carbocycles. The summed E-state index contributed by atoms with van der Waals surface area (Å²) in [6.45, 7) is 4.13. The average molecular weight is 172 g/mol. The molecule has 2 nitrogen and oxygen atoms in total. The second-order valence-electron chi connectivity index (χ2n) is 3.73. The second kappa shape index (κ2) is 2.36. The van der Waals surface area contributed by atoms with Crippen LogP contribution in [-0.2, 0) is 13.1 Å². The van der Waals surface area contributed by atoms with E-state index in [1.165, 1.54) is 27.7 Å². The van der Waals surface area contributed by atoms with E-state index in [9.17, 15) is 0 Å². The van der Waals surface area contributed by atoms with Gasteiger partial charge >= 0.3 is 0 Å². The molecule has 13 heavy (non-hydrogen) atoms. The fourth-order valence-electron chi connectivity index (χ4n) is 2.09. The van der Waals surface area contributed by atoms with Crippen LogP contribution >= 0.6 is 0 Å². The lowest BCUT2D eigenvalue weighted by Gasteiger charge is -1.95. The lowest BCUT2D eigenvalue weighted by atomic mass is 10.1. The number of fused-ring (bicyclic) bond motifs is 3. The summed E-state index contributed by atoms with van der Waals surface area (Å²) in [5.41, 5.74) is 5.42. The van der Waals surface area contributed by atoms with Crippen LogP contribution in [0.2, 0.25) is 0 Å². The predicted molar refractivity (Wildman–Crippen MR) is 53.6 cm³/mol. The maximum Gasteiger partial charge on any atom is 0.0462 e. The molecule has 0 saturated carbocycles. The number of hydrogen-bond acceptors (Lipinski definition) is 1. The van der Waals surface area contributed by atoms with E-state index in [1.807, 2.05) is 0 Å². The number of nitrogens with one attached hydrogen (secondary N) is 2. The lowest BCUT2D eigenvalue weighted by Crippen LogP contribution is -2.01. The molecule has 0 amide bonds. The molecule has 1 aromatic carbocycles. The predicted octanol–water partition coefficient (Wildman–Crippen LogP) is 2.08. The summed E-state index contributed by atoms with van der Waals surface area (Å²) in [6, 6.07) is 6.61. The van der Waals surface area contributed by atoms with E-state index in [1.54, 1.807) is 0 Å². The SMILES string of the molecule is Cc1ccc2c3c([nH]c2c1)CNC3. The minimum Gasteiger partial charge on any atom is -0.357 e. The van der Waals surface area contributed by atoms with Crippen molar-refractivity contribution in [2.24, 2.45) is 0 Å². The summed E-state index contributed by atoms with van der Waals surface area (Å²) in [5.74, 6) is 0. The number of hydrogen-bond donors (Lipinski definition) is 2. The highest BCUT2D eigenvalue weighted by Crippen LogP contribution is 2.26. The first-order chi connectivity index (χ1) is 6.34. The van der Waals surface area contributed by atoms with Gasteiger partial charge < -0.3 is 10.3 Å². The van der Waals surface area contributed by atoms with Crippen LogP contribution < -0.4 is 5.32 Å². The van der Waals surface area contributed by atoms with Crippen LogP contribution in [-0.4, -0.2) is 4.98 Å². The van der Waals surface area contributed by atoms with Crippen molar-refractivity contribution in [1.29, 1.82) is 0 Å². The fourth-order valence-corrected chi connectivity index (χ4v) is 2.09. The normalized spacial score (nSPS) is 15.2. The van der Waals surface area contributed by atoms with Gasteiger partial charge in [0.2, 0.25) is 0 Å². The van der Waals surface area contributed by atoms with Crippen LogP contribution in [0.15, 0.2) is 18.2 Å². The van der Waals surface area contributed by atoms with E-state index in [2.05, 4.69) is 35.4 Å². The third kappa shape index (κ3) is 0.923. The second-order valence-corrected chi connectivity index (χ2v) is 3.73. The Hall–Kier alpha value is -1.28. The van der Waals surface area contributed by atoms with Gasteiger partial charge in [-0.3, -0.25) is 0 Å². The molecular formula is C11H12N2. The summed E-state index contributed by atoms with van der Waals surface area (Å²) in [4.78, 5) is 3.45. The van der Waals surface area contributed by atoms with E-state index < -0.39 is 0 Å². The van der Waals surface area contributed by atoms with Crippen LogP contribution in [0.1, 0.15) is 16.8 Å². The summed E-state index contributed by atoms with van der Waals surface area (Å²) in [5, 5.41) is 4.72. The van der Waals surface area contributed by atoms with E-state index in [-0.39, 0.29) is 0 Å². The molecule has 0 fully saturated rings. The molecule has 0 unspecified atom stereocenters. The molecule has 2 heteroatoms. The maximum absolute atomic E-state index is 3.45. The minimum absolute atomic E-state index is 0.989. The largest absolute Gasteiger partial charge is 0.357 e. The smallest absolute Gasteiger partial charge is 0.0462 e. The zero-order valence-electron chi connectivity index (χ0n) is 7.65. The van der Waals surface area contributed by atoms with Crippen LogP contribution in [0.4, 0.5) is 0 Å². The molecule has 0 radical (unpaired) electrons. The number of aromatic nitrogens is 1. The molecule has 1 aromatic heterocycles. The first-order valence-corrected chi connectivity index (χ1v) is 4.65. The van der Waals surface area contributed by atoms with Gasteiger partial charge in [0.05, 0.1) is 0 Å². The highest BCUT2D eigenvalue weighted by atomic mass is 14.9. The minimum atomic E-state index is 0.989. The lowest BCUT2D eigenvalue weighted by molar-refractivity contribution is 0.757. The van der Waals surface area contributed by atoms with Gasteiger partial charge in [-0.15, -0.1) is 0 Å². The standard InChI is InChI=1S/C11H12N2/c1-7-2-3-8-9-5-12-6-11(9)13-10(8)4-7/h2-4,12-13H,5-6H2,1H3. The van der Waals surface area contributed by atoms with Crippen molar-refractivity contribution in [1.82, 2.24) is 10.3 Å². The molecular weight excluding hydrogens is 160 g/mol. The first kappa shape index (κ1) is 7.15. The van der Waals surface area contributed by atoms with Gasteiger partial charge in [-0.25, -0.2) is 0 Å². The Morgan fingerprint density at radius 3 is 3.08 bits per heavy atom. The molecule has 0 spiro atoms. The number of rotatable bonds is 0. The van der Waals surface area contributed by atoms with Crippen LogP contribution in [0.3, 0.4) is 0 Å². The van der Waals surface area contributed by atoms with Crippen molar-refractivity contribution in [3.05, 3.63) is 35.0 Å². The van der Waals surface area contributed by atoms with E-state index in [4.69, 9.17) is 0 Å². The van der Waals surface area contributed by atoms with E-state index >= 15 is 0 Å². The molecule has 1 aliphatic heterocycles. The summed E-state index contributed by atoms with van der Waals surface area (Å²) in [6.07, 6.45) is 0. The van der Waals surface area contributed by atoms with Crippen molar-refractivity contribution in [2.45, 2.75) is 20.0 Å². The van der Waals surface area contributed by atoms with E-state index in [0.29, 0.717) is 0 Å². The fraction of sp³-hybridized carbons (Fsp3) is 0.273. The van der Waals surface area contributed by atoms with Crippen molar-refractivity contribution >= 4 is 10.9 Å². The van der Waals surface area contributed by atoms with Gasteiger partial charge in [-0.05, 0) is 24.1 Å². The monoisotopic (exact) mass is 172 g/mol. The summed E-state index contributed by atoms with van der Waals surface area (Å²) < 4.78 is 0. The first-order valence-electron chi connectivity index (χ1n) is 4.65. The molecule has 1 aliphatic rings. The Kier molecular flexibility index (Phi) is 1.30. The molecule has 2 aromatic rings. The van der Waals surface area contributed by atoms with Crippen molar-refractivity contribution < 1.29 is 0 Å². The number of aromatic amines is 1. The van der Waals surface area contributed by atoms with Gasteiger partial charge in [0, 0.05) is 29.7 Å². The van der Waals surface area contributed by atoms with Gasteiger partial charge in [0.15, 0.2) is 0 Å². The Morgan fingerprint density at radius 2 is 2.15 bits per heavy atom. The molecule has 66 valence electrons. The summed E-state index contributed by atoms with van der Waals surface area (Å²) in [7, 11) is 0. The van der Waals surface area contributed by atoms with Crippen LogP contribution in [0.25, 0.3) is 10.9 Å². The van der Waals surface area contributed by atoms with E-state index in [0.717, 1.165) is 13.1 Å². The highest BCUT2D eigenvalue weighted by Gasteiger charge is 2.15. The Morgan fingerprint density at radius 1 is 1.23 bits per heavy atom. The van der Waals surface area contributed by atoms with Crippen LogP contribution in [0, 0.1) is 6.92 Å². The molecule has 0 saturated heterocycles. The van der Waals surface area contributed by atoms with Gasteiger partial charge in [0.1, 0.15) is 0 Å². The Bertz CT molecular complexity index is 468.